The van der Waals surface area contributed by atoms with Gasteiger partial charge < -0.3 is 35.4 Å². The highest BCUT2D eigenvalue weighted by Gasteiger charge is 2.52. The van der Waals surface area contributed by atoms with Crippen molar-refractivity contribution in [2.45, 2.75) is 49.0 Å². The lowest BCUT2D eigenvalue weighted by Crippen LogP contribution is -2.62. The Labute approximate surface area is 104 Å². The Morgan fingerprint density at radius 2 is 2.00 bits per heavy atom. The molecule has 0 aromatic rings. The minimum Gasteiger partial charge on any atom is -0.477 e. The van der Waals surface area contributed by atoms with Gasteiger partial charge in [0.2, 0.25) is 0 Å². The second kappa shape index (κ2) is 5.51. The smallest absolute Gasteiger partial charge is 0.364 e. The highest BCUT2D eigenvalue weighted by molar-refractivity contribution is 6.08. The van der Waals surface area contributed by atoms with Crippen LogP contribution in [0.25, 0.3) is 0 Å². The summed E-state index contributed by atoms with van der Waals surface area (Å²) in [7, 11) is 5.10. The summed E-state index contributed by atoms with van der Waals surface area (Å²) in [5.74, 6) is -4.51. The van der Waals surface area contributed by atoms with E-state index in [9.17, 15) is 30.3 Å². The van der Waals surface area contributed by atoms with Crippen LogP contribution in [0.5, 0.6) is 0 Å². The number of hydrogen-bond acceptors (Lipinski definition) is 7. The van der Waals surface area contributed by atoms with Gasteiger partial charge in [-0.3, -0.25) is 0 Å². The molecule has 2 radical (unpaired) electrons. The average Bonchev–Trinajstić information content (AvgIpc) is 2.31. The minimum atomic E-state index is -2.74. The SMILES string of the molecule is [B]CC(O)C(O)C1OC(O)(C(=O)O)CC(O)C1O. The minimum absolute atomic E-state index is 0.366. The standard InChI is InChI=1S/C9H15BO8/c10-2-4(12)6(14)7-5(13)3(11)1-9(17,18-7)8(15)16/h3-7,11-14,17H,1-2H2,(H,15,16). The fourth-order valence-corrected chi connectivity index (χ4v) is 1.73. The first-order chi connectivity index (χ1) is 8.23. The molecule has 0 aliphatic carbocycles. The number of carbonyl (C=O) groups is 1. The number of hydrogen-bond donors (Lipinski definition) is 6. The third-order valence-electron chi connectivity index (χ3n) is 2.85. The van der Waals surface area contributed by atoms with Crippen LogP contribution in [0.4, 0.5) is 0 Å². The van der Waals surface area contributed by atoms with Crippen LogP contribution in [0.1, 0.15) is 6.42 Å². The Morgan fingerprint density at radius 1 is 1.44 bits per heavy atom. The Bertz CT molecular complexity index is 313. The molecular weight excluding hydrogens is 247 g/mol. The lowest BCUT2D eigenvalue weighted by atomic mass is 9.87. The molecule has 1 aliphatic rings. The van der Waals surface area contributed by atoms with Crippen LogP contribution in [0.15, 0.2) is 0 Å². The van der Waals surface area contributed by atoms with Gasteiger partial charge in [-0.05, 0) is 0 Å². The molecule has 8 nitrogen and oxygen atoms in total. The van der Waals surface area contributed by atoms with Gasteiger partial charge in [-0.1, -0.05) is 6.32 Å². The maximum atomic E-state index is 10.8. The van der Waals surface area contributed by atoms with Gasteiger partial charge >= 0.3 is 5.97 Å². The molecule has 1 heterocycles. The van der Waals surface area contributed by atoms with Crippen molar-refractivity contribution in [1.82, 2.24) is 0 Å². The Morgan fingerprint density at radius 3 is 2.44 bits per heavy atom. The van der Waals surface area contributed by atoms with E-state index in [0.717, 1.165) is 0 Å². The number of carboxylic acid groups (broad SMARTS) is 1. The van der Waals surface area contributed by atoms with Crippen molar-refractivity contribution >= 4 is 13.8 Å². The van der Waals surface area contributed by atoms with Gasteiger partial charge in [-0.15, -0.1) is 0 Å². The molecular formula is C9H15BO8. The second-order valence-corrected chi connectivity index (χ2v) is 4.23. The molecule has 1 rings (SSSR count). The zero-order valence-electron chi connectivity index (χ0n) is 9.38. The molecule has 6 N–H and O–H groups in total. The fraction of sp³-hybridized carbons (Fsp3) is 0.889. The largest absolute Gasteiger partial charge is 0.477 e. The van der Waals surface area contributed by atoms with Crippen molar-refractivity contribution in [3.05, 3.63) is 0 Å². The first-order valence-electron chi connectivity index (χ1n) is 5.29. The fourth-order valence-electron chi connectivity index (χ4n) is 1.73. The van der Waals surface area contributed by atoms with E-state index in [-0.39, 0.29) is 6.32 Å². The molecule has 9 heteroatoms. The molecule has 18 heavy (non-hydrogen) atoms. The highest BCUT2D eigenvalue weighted by atomic mass is 16.7. The third kappa shape index (κ3) is 2.82. The number of carboxylic acids is 1. The van der Waals surface area contributed by atoms with Crippen LogP contribution in [-0.4, -0.2) is 80.8 Å². The normalized spacial score (nSPS) is 40.2. The van der Waals surface area contributed by atoms with E-state index in [1.165, 1.54) is 0 Å². The van der Waals surface area contributed by atoms with Crippen molar-refractivity contribution in [3.63, 3.8) is 0 Å². The van der Waals surface area contributed by atoms with Crippen LogP contribution in [0, 0.1) is 0 Å². The molecule has 0 spiro atoms. The van der Waals surface area contributed by atoms with E-state index in [1.807, 2.05) is 0 Å². The van der Waals surface area contributed by atoms with Gasteiger partial charge in [-0.2, -0.15) is 0 Å². The van der Waals surface area contributed by atoms with Crippen LogP contribution in [0.2, 0.25) is 6.32 Å². The summed E-state index contributed by atoms with van der Waals surface area (Å²) < 4.78 is 4.68. The van der Waals surface area contributed by atoms with Crippen molar-refractivity contribution < 1.29 is 40.2 Å². The van der Waals surface area contributed by atoms with Crippen LogP contribution < -0.4 is 0 Å². The lowest BCUT2D eigenvalue weighted by Gasteiger charge is -2.42. The van der Waals surface area contributed by atoms with E-state index < -0.39 is 48.7 Å². The third-order valence-corrected chi connectivity index (χ3v) is 2.85. The van der Waals surface area contributed by atoms with Crippen LogP contribution >= 0.6 is 0 Å². The maximum absolute atomic E-state index is 10.8. The van der Waals surface area contributed by atoms with Crippen molar-refractivity contribution in [2.75, 3.05) is 0 Å². The zero-order chi connectivity index (χ0) is 14.1. The van der Waals surface area contributed by atoms with Gasteiger partial charge in [0.1, 0.15) is 18.3 Å². The van der Waals surface area contributed by atoms with E-state index >= 15 is 0 Å². The summed E-state index contributed by atoms with van der Waals surface area (Å²) in [6.45, 7) is 0. The van der Waals surface area contributed by atoms with Gasteiger partial charge in [-0.25, -0.2) is 4.79 Å². The van der Waals surface area contributed by atoms with Crippen LogP contribution in [0.3, 0.4) is 0 Å². The molecule has 0 amide bonds. The first-order valence-corrected chi connectivity index (χ1v) is 5.29. The van der Waals surface area contributed by atoms with E-state index in [4.69, 9.17) is 13.0 Å². The molecule has 1 saturated heterocycles. The summed E-state index contributed by atoms with van der Waals surface area (Å²) >= 11 is 0. The molecule has 1 aliphatic heterocycles. The van der Waals surface area contributed by atoms with Gasteiger partial charge in [0, 0.05) is 6.42 Å². The highest BCUT2D eigenvalue weighted by Crippen LogP contribution is 2.30. The molecule has 0 aromatic carbocycles. The van der Waals surface area contributed by atoms with Gasteiger partial charge in [0.05, 0.1) is 20.1 Å². The molecule has 0 saturated carbocycles. The topological polar surface area (TPSA) is 148 Å². The number of aliphatic hydroxyl groups is 5. The van der Waals surface area contributed by atoms with E-state index in [0.29, 0.717) is 0 Å². The summed E-state index contributed by atoms with van der Waals surface area (Å²) in [5, 5.41) is 56.3. The Kier molecular flexibility index (Phi) is 4.70. The van der Waals surface area contributed by atoms with Gasteiger partial charge in [0.15, 0.2) is 0 Å². The monoisotopic (exact) mass is 262 g/mol. The maximum Gasteiger partial charge on any atom is 0.364 e. The zero-order valence-corrected chi connectivity index (χ0v) is 9.38. The van der Waals surface area contributed by atoms with Crippen molar-refractivity contribution in [3.8, 4) is 0 Å². The molecule has 6 unspecified atom stereocenters. The second-order valence-electron chi connectivity index (χ2n) is 4.23. The lowest BCUT2D eigenvalue weighted by molar-refractivity contribution is -0.311. The molecule has 1 fully saturated rings. The first kappa shape index (κ1) is 15.4. The van der Waals surface area contributed by atoms with Crippen molar-refractivity contribution in [2.24, 2.45) is 0 Å². The predicted octanol–water partition coefficient (Wildman–Crippen LogP) is -3.42. The van der Waals surface area contributed by atoms with Crippen LogP contribution in [-0.2, 0) is 9.53 Å². The Hall–Kier alpha value is -0.705. The Balaban J connectivity index is 2.92. The number of aliphatic carboxylic acids is 1. The van der Waals surface area contributed by atoms with Gasteiger partial charge in [0.25, 0.3) is 5.79 Å². The summed E-state index contributed by atoms with van der Waals surface area (Å²) in [6.07, 6.45) is -9.31. The van der Waals surface area contributed by atoms with E-state index in [2.05, 4.69) is 4.74 Å². The summed E-state index contributed by atoms with van der Waals surface area (Å²) in [6, 6.07) is 0. The summed E-state index contributed by atoms with van der Waals surface area (Å²) in [4.78, 5) is 10.8. The summed E-state index contributed by atoms with van der Waals surface area (Å²) in [5.41, 5.74) is 0. The number of rotatable bonds is 4. The molecule has 0 bridgehead atoms. The molecule has 6 atom stereocenters. The quantitative estimate of drug-likeness (QED) is 0.287. The average molecular weight is 262 g/mol. The predicted molar refractivity (Wildman–Crippen MR) is 56.7 cm³/mol. The molecule has 0 aromatic heterocycles. The van der Waals surface area contributed by atoms with Crippen molar-refractivity contribution in [1.29, 1.82) is 0 Å². The number of aliphatic hydroxyl groups excluding tert-OH is 4. The molecule has 102 valence electrons. The van der Waals surface area contributed by atoms with E-state index in [1.54, 1.807) is 0 Å². The number of ether oxygens (including phenoxy) is 1.